The highest BCUT2D eigenvalue weighted by Crippen LogP contribution is 2.32. The van der Waals surface area contributed by atoms with E-state index < -0.39 is 10.0 Å². The Balaban J connectivity index is 1.60. The predicted octanol–water partition coefficient (Wildman–Crippen LogP) is 4.53. The molecule has 0 saturated heterocycles. The second-order valence-electron chi connectivity index (χ2n) is 11.5. The molecule has 1 heterocycles. The Labute approximate surface area is 233 Å². The number of hydrogen-bond acceptors (Lipinski definition) is 6. The molecule has 8 nitrogen and oxygen atoms in total. The number of rotatable bonds is 9. The Morgan fingerprint density at radius 2 is 1.79 bits per heavy atom. The van der Waals surface area contributed by atoms with Gasteiger partial charge in [0.2, 0.25) is 0 Å². The number of carbonyl (C=O) groups is 1. The van der Waals surface area contributed by atoms with Crippen LogP contribution in [0.15, 0.2) is 47.4 Å². The van der Waals surface area contributed by atoms with Crippen LogP contribution in [0.4, 0.5) is 5.69 Å². The SMILES string of the molecule is Cc1ccc(S(=O)(=O)Nc2ccc3c(c2)C(=O)N([C@@H](C)CO)C[C@H](C)[C@@H](CN(C)CC2CCCCC2)O3)cc1. The number of nitrogens with zero attached hydrogens (tertiary/aromatic N) is 2. The first-order valence-electron chi connectivity index (χ1n) is 14.1. The minimum atomic E-state index is -3.84. The van der Waals surface area contributed by atoms with E-state index in [1.165, 1.54) is 32.1 Å². The summed E-state index contributed by atoms with van der Waals surface area (Å²) >= 11 is 0. The summed E-state index contributed by atoms with van der Waals surface area (Å²) in [6.45, 7) is 7.80. The van der Waals surface area contributed by atoms with Crippen molar-refractivity contribution in [3.8, 4) is 5.75 Å². The van der Waals surface area contributed by atoms with E-state index >= 15 is 0 Å². The Hall–Kier alpha value is -2.62. The van der Waals surface area contributed by atoms with Crippen molar-refractivity contribution < 1.29 is 23.1 Å². The van der Waals surface area contributed by atoms with Crippen molar-refractivity contribution in [2.75, 3.05) is 38.0 Å². The number of carbonyl (C=O) groups excluding carboxylic acids is 1. The van der Waals surface area contributed by atoms with Gasteiger partial charge in [0, 0.05) is 31.2 Å². The molecule has 3 atom stereocenters. The molecule has 1 fully saturated rings. The molecule has 39 heavy (non-hydrogen) atoms. The Bertz CT molecular complexity index is 1230. The third-order valence-electron chi connectivity index (χ3n) is 8.03. The van der Waals surface area contributed by atoms with Gasteiger partial charge in [0.15, 0.2) is 0 Å². The molecular weight excluding hydrogens is 514 g/mol. The van der Waals surface area contributed by atoms with Gasteiger partial charge in [-0.25, -0.2) is 8.42 Å². The van der Waals surface area contributed by atoms with Gasteiger partial charge in [-0.1, -0.05) is 43.9 Å². The van der Waals surface area contributed by atoms with Crippen LogP contribution in [0.5, 0.6) is 5.75 Å². The van der Waals surface area contributed by atoms with Crippen LogP contribution in [0.3, 0.4) is 0 Å². The van der Waals surface area contributed by atoms with Gasteiger partial charge in [-0.05, 0) is 70.0 Å². The standard InChI is InChI=1S/C30H43N3O5S/c1-21-10-13-26(14-11-21)39(36,37)31-25-12-15-28-27(16-25)30(35)33(23(3)20-34)17-22(2)29(38-28)19-32(4)18-24-8-6-5-7-9-24/h10-16,22-24,29,31,34H,5-9,17-20H2,1-4H3/t22-,23-,29+/m0/s1. The molecule has 2 aromatic carbocycles. The summed E-state index contributed by atoms with van der Waals surface area (Å²) in [4.78, 5) is 17.9. The number of amides is 1. The maximum absolute atomic E-state index is 13.7. The van der Waals surface area contributed by atoms with Gasteiger partial charge in [-0.2, -0.15) is 0 Å². The fourth-order valence-corrected chi connectivity index (χ4v) is 6.68. The highest BCUT2D eigenvalue weighted by atomic mass is 32.2. The Morgan fingerprint density at radius 1 is 1.10 bits per heavy atom. The number of aryl methyl sites for hydroxylation is 1. The van der Waals surface area contributed by atoms with Crippen molar-refractivity contribution >= 4 is 21.6 Å². The van der Waals surface area contributed by atoms with Crippen molar-refractivity contribution in [2.45, 2.75) is 69.9 Å². The van der Waals surface area contributed by atoms with Gasteiger partial charge >= 0.3 is 0 Å². The molecule has 0 aromatic heterocycles. The van der Waals surface area contributed by atoms with Crippen LogP contribution in [0.2, 0.25) is 0 Å². The molecule has 2 aromatic rings. The molecule has 0 spiro atoms. The summed E-state index contributed by atoms with van der Waals surface area (Å²) in [5, 5.41) is 9.92. The molecule has 1 aliphatic heterocycles. The van der Waals surface area contributed by atoms with E-state index in [1.807, 2.05) is 13.8 Å². The average Bonchev–Trinajstić information content (AvgIpc) is 2.91. The highest BCUT2D eigenvalue weighted by Gasteiger charge is 2.34. The summed E-state index contributed by atoms with van der Waals surface area (Å²) in [5.74, 6) is 0.876. The summed E-state index contributed by atoms with van der Waals surface area (Å²) < 4.78 is 35.1. The highest BCUT2D eigenvalue weighted by molar-refractivity contribution is 7.92. The number of anilines is 1. The predicted molar refractivity (Wildman–Crippen MR) is 154 cm³/mol. The zero-order valence-electron chi connectivity index (χ0n) is 23.6. The maximum atomic E-state index is 13.7. The van der Waals surface area contributed by atoms with Crippen LogP contribution in [-0.4, -0.2) is 74.7 Å². The molecule has 1 saturated carbocycles. The van der Waals surface area contributed by atoms with E-state index in [-0.39, 0.29) is 46.7 Å². The number of ether oxygens (including phenoxy) is 1. The number of benzene rings is 2. The lowest BCUT2D eigenvalue weighted by Gasteiger charge is -2.38. The molecule has 0 bridgehead atoms. The largest absolute Gasteiger partial charge is 0.488 e. The first-order chi connectivity index (χ1) is 18.6. The quantitative estimate of drug-likeness (QED) is 0.470. The molecular formula is C30H43N3O5S. The van der Waals surface area contributed by atoms with Gasteiger partial charge in [0.1, 0.15) is 11.9 Å². The zero-order chi connectivity index (χ0) is 28.2. The van der Waals surface area contributed by atoms with E-state index in [0.29, 0.717) is 24.8 Å². The van der Waals surface area contributed by atoms with Crippen LogP contribution in [0, 0.1) is 18.8 Å². The van der Waals surface area contributed by atoms with Crippen molar-refractivity contribution in [3.63, 3.8) is 0 Å². The summed E-state index contributed by atoms with van der Waals surface area (Å²) in [6.07, 6.45) is 6.30. The van der Waals surface area contributed by atoms with E-state index in [0.717, 1.165) is 12.1 Å². The number of aliphatic hydroxyl groups excluding tert-OH is 1. The Kier molecular flexibility index (Phi) is 9.56. The fourth-order valence-electron chi connectivity index (χ4n) is 5.63. The van der Waals surface area contributed by atoms with Crippen LogP contribution < -0.4 is 9.46 Å². The molecule has 0 unspecified atom stereocenters. The van der Waals surface area contributed by atoms with Crippen LogP contribution in [0.25, 0.3) is 0 Å². The first kappa shape index (κ1) is 29.4. The lowest BCUT2D eigenvalue weighted by Crippen LogP contribution is -2.50. The maximum Gasteiger partial charge on any atom is 0.261 e. The summed E-state index contributed by atoms with van der Waals surface area (Å²) in [7, 11) is -1.71. The monoisotopic (exact) mass is 557 g/mol. The molecule has 2 aliphatic rings. The van der Waals surface area contributed by atoms with Crippen LogP contribution >= 0.6 is 0 Å². The van der Waals surface area contributed by atoms with Gasteiger partial charge < -0.3 is 19.6 Å². The molecule has 1 amide bonds. The van der Waals surface area contributed by atoms with Crippen molar-refractivity contribution in [1.29, 1.82) is 0 Å². The molecule has 2 N–H and O–H groups in total. The van der Waals surface area contributed by atoms with E-state index in [9.17, 15) is 18.3 Å². The molecule has 214 valence electrons. The molecule has 1 aliphatic carbocycles. The van der Waals surface area contributed by atoms with Crippen LogP contribution in [-0.2, 0) is 10.0 Å². The summed E-state index contributed by atoms with van der Waals surface area (Å²) in [6, 6.07) is 11.1. The average molecular weight is 558 g/mol. The molecule has 0 radical (unpaired) electrons. The van der Waals surface area contributed by atoms with Gasteiger partial charge in [0.25, 0.3) is 15.9 Å². The number of nitrogens with one attached hydrogen (secondary N) is 1. The number of sulfonamides is 1. The second-order valence-corrected chi connectivity index (χ2v) is 13.2. The number of fused-ring (bicyclic) bond motifs is 1. The lowest BCUT2D eigenvalue weighted by atomic mass is 9.89. The summed E-state index contributed by atoms with van der Waals surface area (Å²) in [5.41, 5.74) is 1.53. The van der Waals surface area contributed by atoms with Crippen LogP contribution in [0.1, 0.15) is 61.9 Å². The minimum Gasteiger partial charge on any atom is -0.488 e. The number of hydrogen-bond donors (Lipinski definition) is 2. The third-order valence-corrected chi connectivity index (χ3v) is 9.43. The number of likely N-dealkylation sites (N-methyl/N-ethyl adjacent to an activating group) is 1. The zero-order valence-corrected chi connectivity index (χ0v) is 24.4. The topological polar surface area (TPSA) is 99.2 Å². The Morgan fingerprint density at radius 3 is 2.46 bits per heavy atom. The second kappa shape index (κ2) is 12.7. The van der Waals surface area contributed by atoms with E-state index in [2.05, 4.69) is 23.6 Å². The molecule has 4 rings (SSSR count). The number of aliphatic hydroxyl groups is 1. The first-order valence-corrected chi connectivity index (χ1v) is 15.6. The van der Waals surface area contributed by atoms with Crippen molar-refractivity contribution in [3.05, 3.63) is 53.6 Å². The molecule has 9 heteroatoms. The normalized spacial score (nSPS) is 21.6. The minimum absolute atomic E-state index is 0.0321. The fraction of sp³-hybridized carbons (Fsp3) is 0.567. The smallest absolute Gasteiger partial charge is 0.261 e. The third kappa shape index (κ3) is 7.32. The van der Waals surface area contributed by atoms with Gasteiger partial charge in [-0.15, -0.1) is 0 Å². The van der Waals surface area contributed by atoms with Crippen molar-refractivity contribution in [1.82, 2.24) is 9.80 Å². The van der Waals surface area contributed by atoms with Gasteiger partial charge in [-0.3, -0.25) is 9.52 Å². The lowest BCUT2D eigenvalue weighted by molar-refractivity contribution is 0.0330. The van der Waals surface area contributed by atoms with E-state index in [4.69, 9.17) is 4.74 Å². The van der Waals surface area contributed by atoms with Crippen molar-refractivity contribution in [2.24, 2.45) is 11.8 Å². The van der Waals surface area contributed by atoms with Gasteiger partial charge in [0.05, 0.1) is 23.1 Å². The van der Waals surface area contributed by atoms with E-state index in [1.54, 1.807) is 47.4 Å².